The molecule has 0 heterocycles. The van der Waals surface area contributed by atoms with Crippen molar-refractivity contribution >= 4 is 11.8 Å². The van der Waals surface area contributed by atoms with Gasteiger partial charge in [0.05, 0.1) is 7.11 Å². The van der Waals surface area contributed by atoms with Gasteiger partial charge in [-0.15, -0.1) is 6.58 Å². The molecule has 18 heavy (non-hydrogen) atoms. The Morgan fingerprint density at radius 1 is 1.33 bits per heavy atom. The van der Waals surface area contributed by atoms with Crippen LogP contribution in [-0.2, 0) is 16.0 Å². The number of esters is 1. The van der Waals surface area contributed by atoms with Gasteiger partial charge in [0.2, 0.25) is 0 Å². The van der Waals surface area contributed by atoms with Crippen molar-refractivity contribution in [3.63, 3.8) is 0 Å². The Hall–Kier alpha value is -2.10. The van der Waals surface area contributed by atoms with Crippen LogP contribution in [-0.4, -0.2) is 18.9 Å². The summed E-state index contributed by atoms with van der Waals surface area (Å²) in [6.45, 7) is 4.98. The summed E-state index contributed by atoms with van der Waals surface area (Å²) in [5.41, 5.74) is 0.955. The summed E-state index contributed by atoms with van der Waals surface area (Å²) in [5, 5.41) is 0. The Labute approximate surface area is 106 Å². The molecular formula is C14H16O4. The third kappa shape index (κ3) is 4.05. The monoisotopic (exact) mass is 248 g/mol. The van der Waals surface area contributed by atoms with Crippen LogP contribution >= 0.6 is 0 Å². The van der Waals surface area contributed by atoms with Crippen LogP contribution in [0.3, 0.4) is 0 Å². The van der Waals surface area contributed by atoms with Crippen LogP contribution in [0.4, 0.5) is 0 Å². The maximum absolute atomic E-state index is 11.4. The second-order valence-corrected chi connectivity index (χ2v) is 3.83. The van der Waals surface area contributed by atoms with Crippen molar-refractivity contribution in [1.82, 2.24) is 0 Å². The molecule has 0 saturated heterocycles. The number of Topliss-reactive ketones (excluding diaryl/α,β-unsaturated/α-hetero) is 1. The molecule has 0 unspecified atom stereocenters. The van der Waals surface area contributed by atoms with E-state index in [1.165, 1.54) is 14.0 Å². The fraction of sp³-hybridized carbons (Fsp3) is 0.286. The molecule has 0 aliphatic carbocycles. The molecule has 0 bridgehead atoms. The molecular weight excluding hydrogens is 232 g/mol. The summed E-state index contributed by atoms with van der Waals surface area (Å²) in [5.74, 6) is -0.0411. The fourth-order valence-electron chi connectivity index (χ4n) is 1.46. The molecule has 0 spiro atoms. The van der Waals surface area contributed by atoms with E-state index in [1.807, 2.05) is 6.07 Å². The van der Waals surface area contributed by atoms with E-state index >= 15 is 0 Å². The normalized spacial score (nSPS) is 9.67. The maximum Gasteiger partial charge on any atom is 0.318 e. The molecule has 1 rings (SSSR count). The first kappa shape index (κ1) is 14.0. The van der Waals surface area contributed by atoms with Crippen molar-refractivity contribution in [3.8, 4) is 11.5 Å². The number of hydrogen-bond donors (Lipinski definition) is 0. The van der Waals surface area contributed by atoms with Crippen molar-refractivity contribution in [3.05, 3.63) is 36.4 Å². The van der Waals surface area contributed by atoms with Crippen LogP contribution in [0.1, 0.15) is 18.9 Å². The Morgan fingerprint density at radius 2 is 2.06 bits per heavy atom. The maximum atomic E-state index is 11.4. The summed E-state index contributed by atoms with van der Waals surface area (Å²) in [7, 11) is 1.49. The molecule has 0 amide bonds. The average molecular weight is 248 g/mol. The van der Waals surface area contributed by atoms with E-state index in [-0.39, 0.29) is 12.2 Å². The van der Waals surface area contributed by atoms with Crippen molar-refractivity contribution in [2.24, 2.45) is 0 Å². The molecule has 0 saturated carbocycles. The minimum absolute atomic E-state index is 0.235. The highest BCUT2D eigenvalue weighted by Gasteiger charge is 2.12. The van der Waals surface area contributed by atoms with Gasteiger partial charge in [-0.2, -0.15) is 0 Å². The number of allylic oxidation sites excluding steroid dienone is 1. The van der Waals surface area contributed by atoms with Crippen molar-refractivity contribution in [2.75, 3.05) is 7.11 Å². The number of ketones is 1. The molecule has 96 valence electrons. The molecule has 0 aromatic heterocycles. The summed E-state index contributed by atoms with van der Waals surface area (Å²) < 4.78 is 10.2. The first-order chi connectivity index (χ1) is 8.56. The molecule has 0 aliphatic rings. The van der Waals surface area contributed by atoms with Crippen LogP contribution in [0.25, 0.3) is 0 Å². The quantitative estimate of drug-likeness (QED) is 0.335. The van der Waals surface area contributed by atoms with Gasteiger partial charge in [0.1, 0.15) is 12.2 Å². The largest absolute Gasteiger partial charge is 0.493 e. The highest BCUT2D eigenvalue weighted by Crippen LogP contribution is 2.28. The van der Waals surface area contributed by atoms with Crippen molar-refractivity contribution in [2.45, 2.75) is 19.8 Å². The first-order valence-corrected chi connectivity index (χ1v) is 5.54. The molecule has 0 N–H and O–H groups in total. The van der Waals surface area contributed by atoms with Gasteiger partial charge in [-0.3, -0.25) is 9.59 Å². The summed E-state index contributed by atoms with van der Waals surface area (Å²) in [6, 6.07) is 5.29. The highest BCUT2D eigenvalue weighted by molar-refractivity contribution is 5.95. The minimum atomic E-state index is -0.587. The van der Waals surface area contributed by atoms with Gasteiger partial charge in [0.15, 0.2) is 11.5 Å². The molecule has 4 nitrogen and oxygen atoms in total. The minimum Gasteiger partial charge on any atom is -0.493 e. The van der Waals surface area contributed by atoms with Crippen molar-refractivity contribution in [1.29, 1.82) is 0 Å². The van der Waals surface area contributed by atoms with Gasteiger partial charge in [-0.25, -0.2) is 0 Å². The smallest absolute Gasteiger partial charge is 0.318 e. The molecule has 0 radical (unpaired) electrons. The van der Waals surface area contributed by atoms with E-state index in [2.05, 4.69) is 6.58 Å². The lowest BCUT2D eigenvalue weighted by Crippen LogP contribution is -2.12. The number of hydrogen-bond acceptors (Lipinski definition) is 4. The Kier molecular flexibility index (Phi) is 5.11. The summed E-state index contributed by atoms with van der Waals surface area (Å²) in [6.07, 6.45) is 2.18. The van der Waals surface area contributed by atoms with Crippen LogP contribution in [0.5, 0.6) is 11.5 Å². The second-order valence-electron chi connectivity index (χ2n) is 3.83. The summed E-state index contributed by atoms with van der Waals surface area (Å²) >= 11 is 0. The third-order valence-corrected chi connectivity index (χ3v) is 2.23. The van der Waals surface area contributed by atoms with Crippen LogP contribution in [0.2, 0.25) is 0 Å². The lowest BCUT2D eigenvalue weighted by atomic mass is 10.1. The Morgan fingerprint density at radius 3 is 2.61 bits per heavy atom. The van der Waals surface area contributed by atoms with Crippen LogP contribution < -0.4 is 9.47 Å². The lowest BCUT2D eigenvalue weighted by Gasteiger charge is -2.10. The van der Waals surface area contributed by atoms with Gasteiger partial charge in [0.25, 0.3) is 0 Å². The van der Waals surface area contributed by atoms with Gasteiger partial charge < -0.3 is 9.47 Å². The molecule has 4 heteroatoms. The van der Waals surface area contributed by atoms with Crippen molar-refractivity contribution < 1.29 is 19.1 Å². The Balaban J connectivity index is 2.90. The van der Waals surface area contributed by atoms with Crippen LogP contribution in [0, 0.1) is 0 Å². The third-order valence-electron chi connectivity index (χ3n) is 2.23. The lowest BCUT2D eigenvalue weighted by molar-refractivity contribution is -0.137. The van der Waals surface area contributed by atoms with E-state index in [4.69, 9.17) is 9.47 Å². The Bertz CT molecular complexity index is 463. The van der Waals surface area contributed by atoms with E-state index in [9.17, 15) is 9.59 Å². The number of rotatable bonds is 6. The van der Waals surface area contributed by atoms with E-state index in [0.29, 0.717) is 17.9 Å². The predicted molar refractivity (Wildman–Crippen MR) is 67.8 cm³/mol. The van der Waals surface area contributed by atoms with E-state index in [0.717, 1.165) is 5.56 Å². The highest BCUT2D eigenvalue weighted by atomic mass is 16.6. The summed E-state index contributed by atoms with van der Waals surface area (Å²) in [4.78, 5) is 22.3. The zero-order valence-corrected chi connectivity index (χ0v) is 10.6. The number of methoxy groups -OCH3 is 1. The molecule has 1 aromatic carbocycles. The van der Waals surface area contributed by atoms with Gasteiger partial charge in [-0.05, 0) is 31.0 Å². The van der Waals surface area contributed by atoms with Gasteiger partial charge in [0, 0.05) is 0 Å². The van der Waals surface area contributed by atoms with E-state index in [1.54, 1.807) is 18.2 Å². The predicted octanol–water partition coefficient (Wildman–Crippen LogP) is 2.31. The first-order valence-electron chi connectivity index (χ1n) is 5.54. The topological polar surface area (TPSA) is 52.6 Å². The molecule has 0 atom stereocenters. The fourth-order valence-corrected chi connectivity index (χ4v) is 1.46. The zero-order chi connectivity index (χ0) is 13.5. The van der Waals surface area contributed by atoms with Crippen LogP contribution in [0.15, 0.2) is 30.9 Å². The van der Waals surface area contributed by atoms with Gasteiger partial charge in [-0.1, -0.05) is 12.1 Å². The standard InChI is InChI=1S/C14H16O4/c1-4-5-11-6-7-12(17-3)13(9-11)18-14(16)8-10(2)15/h4,6-7,9H,1,5,8H2,2-3H3. The number of carbonyl (C=O) groups is 2. The zero-order valence-electron chi connectivity index (χ0n) is 10.6. The molecule has 0 aliphatic heterocycles. The molecule has 1 aromatic rings. The average Bonchev–Trinajstić information content (AvgIpc) is 2.28. The number of benzene rings is 1. The second kappa shape index (κ2) is 6.59. The SMILES string of the molecule is C=CCc1ccc(OC)c(OC(=O)CC(C)=O)c1. The van der Waals surface area contributed by atoms with E-state index < -0.39 is 5.97 Å². The number of carbonyl (C=O) groups excluding carboxylic acids is 2. The number of ether oxygens (including phenoxy) is 2. The van der Waals surface area contributed by atoms with Gasteiger partial charge >= 0.3 is 5.97 Å². The molecule has 0 fully saturated rings.